The highest BCUT2D eigenvalue weighted by molar-refractivity contribution is 5.84. The second-order valence-corrected chi connectivity index (χ2v) is 7.19. The van der Waals surface area contributed by atoms with E-state index in [0.717, 1.165) is 54.1 Å². The van der Waals surface area contributed by atoms with Crippen LogP contribution in [-0.2, 0) is 7.05 Å². The van der Waals surface area contributed by atoms with Crippen molar-refractivity contribution in [3.05, 3.63) is 60.3 Å². The monoisotopic (exact) mass is 365 g/mol. The fraction of sp³-hybridized carbons (Fsp3) is 0.364. The number of hydrogen-bond donors (Lipinski definition) is 1. The number of anilines is 1. The van der Waals surface area contributed by atoms with Crippen LogP contribution in [0.15, 0.2) is 54.7 Å². The number of benzene rings is 2. The first-order valence-electron chi connectivity index (χ1n) is 9.49. The summed E-state index contributed by atoms with van der Waals surface area (Å²) in [6, 6.07) is 16.4. The predicted molar refractivity (Wildman–Crippen MR) is 110 cm³/mol. The lowest BCUT2D eigenvalue weighted by Crippen LogP contribution is -2.47. The molecule has 0 aliphatic carbocycles. The van der Waals surface area contributed by atoms with Crippen LogP contribution in [0.5, 0.6) is 5.75 Å². The van der Waals surface area contributed by atoms with Crippen molar-refractivity contribution in [1.82, 2.24) is 9.47 Å². The molecule has 0 bridgehead atoms. The largest absolute Gasteiger partial charge is 0.495 e. The first-order valence-corrected chi connectivity index (χ1v) is 9.49. The molecule has 1 saturated heterocycles. The summed E-state index contributed by atoms with van der Waals surface area (Å²) >= 11 is 0. The Labute approximate surface area is 160 Å². The SMILES string of the molecule is COc1ccccc1N1CCN(C[C@@H](O)c2cn(C)c3ccccc23)CC1. The van der Waals surface area contributed by atoms with Gasteiger partial charge in [0.1, 0.15) is 5.75 Å². The van der Waals surface area contributed by atoms with Crippen molar-refractivity contribution in [3.63, 3.8) is 0 Å². The molecule has 0 amide bonds. The Balaban J connectivity index is 1.41. The van der Waals surface area contributed by atoms with Crippen LogP contribution >= 0.6 is 0 Å². The van der Waals surface area contributed by atoms with E-state index in [-0.39, 0.29) is 0 Å². The highest BCUT2D eigenvalue weighted by Gasteiger charge is 2.23. The fourth-order valence-corrected chi connectivity index (χ4v) is 4.04. The fourth-order valence-electron chi connectivity index (χ4n) is 4.04. The van der Waals surface area contributed by atoms with Gasteiger partial charge in [0.2, 0.25) is 0 Å². The molecule has 1 aromatic heterocycles. The number of aryl methyl sites for hydroxylation is 1. The van der Waals surface area contributed by atoms with Crippen LogP contribution in [0.25, 0.3) is 10.9 Å². The lowest BCUT2D eigenvalue weighted by atomic mass is 10.1. The molecule has 1 aliphatic heterocycles. The number of aromatic nitrogens is 1. The number of fused-ring (bicyclic) bond motifs is 1. The van der Waals surface area contributed by atoms with Crippen molar-refractivity contribution in [1.29, 1.82) is 0 Å². The molecule has 142 valence electrons. The van der Waals surface area contributed by atoms with Crippen LogP contribution in [0.1, 0.15) is 11.7 Å². The molecule has 4 rings (SSSR count). The van der Waals surface area contributed by atoms with Gasteiger partial charge in [-0.3, -0.25) is 4.90 Å². The molecule has 1 aliphatic rings. The molecule has 0 saturated carbocycles. The second-order valence-electron chi connectivity index (χ2n) is 7.19. The first-order chi connectivity index (χ1) is 13.2. The molecular formula is C22H27N3O2. The van der Waals surface area contributed by atoms with Gasteiger partial charge in [0.15, 0.2) is 0 Å². The molecule has 5 nitrogen and oxygen atoms in total. The number of aliphatic hydroxyl groups is 1. The Morgan fingerprint density at radius 3 is 2.48 bits per heavy atom. The van der Waals surface area contributed by atoms with E-state index in [9.17, 15) is 5.11 Å². The summed E-state index contributed by atoms with van der Waals surface area (Å²) in [7, 11) is 3.75. The summed E-state index contributed by atoms with van der Waals surface area (Å²) in [5.41, 5.74) is 3.32. The number of β-amino-alcohol motifs (C(OH)–C–C–N with tert-alkyl or cyclic N) is 1. The van der Waals surface area contributed by atoms with Crippen LogP contribution in [-0.4, -0.2) is 54.4 Å². The van der Waals surface area contributed by atoms with Crippen molar-refractivity contribution in [3.8, 4) is 5.75 Å². The van der Waals surface area contributed by atoms with Crippen molar-refractivity contribution in [2.45, 2.75) is 6.10 Å². The standard InChI is InChI=1S/C22H27N3O2/c1-23-15-18(17-7-3-4-8-19(17)23)21(26)16-24-11-13-25(14-12-24)20-9-5-6-10-22(20)27-2/h3-10,15,21,26H,11-14,16H2,1-2H3/t21-/m1/s1. The average Bonchev–Trinajstić information content (AvgIpc) is 3.06. The maximum Gasteiger partial charge on any atom is 0.142 e. The smallest absolute Gasteiger partial charge is 0.142 e. The molecule has 0 unspecified atom stereocenters. The number of rotatable bonds is 5. The molecule has 2 heterocycles. The molecule has 1 N–H and O–H groups in total. The van der Waals surface area contributed by atoms with E-state index < -0.39 is 6.10 Å². The Kier molecular flexibility index (Phi) is 5.05. The van der Waals surface area contributed by atoms with E-state index in [1.54, 1.807) is 7.11 Å². The molecule has 1 atom stereocenters. The maximum absolute atomic E-state index is 10.9. The average molecular weight is 365 g/mol. The van der Waals surface area contributed by atoms with Crippen LogP contribution in [0.3, 0.4) is 0 Å². The highest BCUT2D eigenvalue weighted by Crippen LogP contribution is 2.30. The summed E-state index contributed by atoms with van der Waals surface area (Å²) in [5, 5.41) is 12.0. The zero-order chi connectivity index (χ0) is 18.8. The van der Waals surface area contributed by atoms with Crippen LogP contribution in [0.2, 0.25) is 0 Å². The predicted octanol–water partition coefficient (Wildman–Crippen LogP) is 3.04. The van der Waals surface area contributed by atoms with E-state index in [0.29, 0.717) is 6.54 Å². The van der Waals surface area contributed by atoms with E-state index in [1.807, 2.05) is 31.3 Å². The van der Waals surface area contributed by atoms with Gasteiger partial charge in [-0.25, -0.2) is 0 Å². The molecule has 2 aromatic carbocycles. The summed E-state index contributed by atoms with van der Waals surface area (Å²) < 4.78 is 7.58. The Hall–Kier alpha value is -2.50. The number of methoxy groups -OCH3 is 1. The minimum atomic E-state index is -0.478. The summed E-state index contributed by atoms with van der Waals surface area (Å²) in [6.45, 7) is 4.39. The van der Waals surface area contributed by atoms with E-state index in [4.69, 9.17) is 4.74 Å². The van der Waals surface area contributed by atoms with Crippen LogP contribution in [0, 0.1) is 0 Å². The number of piperazine rings is 1. The number of aliphatic hydroxyl groups excluding tert-OH is 1. The summed E-state index contributed by atoms with van der Waals surface area (Å²) in [4.78, 5) is 4.71. The van der Waals surface area contributed by atoms with Crippen molar-refractivity contribution in [2.75, 3.05) is 44.7 Å². The van der Waals surface area contributed by atoms with Crippen LogP contribution in [0.4, 0.5) is 5.69 Å². The molecule has 1 fully saturated rings. The number of ether oxygens (including phenoxy) is 1. The summed E-state index contributed by atoms with van der Waals surface area (Å²) in [5.74, 6) is 0.918. The Bertz CT molecular complexity index is 913. The van der Waals surface area contributed by atoms with E-state index >= 15 is 0 Å². The third-order valence-corrected chi connectivity index (χ3v) is 5.52. The van der Waals surface area contributed by atoms with Crippen molar-refractivity contribution in [2.24, 2.45) is 7.05 Å². The Morgan fingerprint density at radius 2 is 1.70 bits per heavy atom. The number of hydrogen-bond acceptors (Lipinski definition) is 4. The minimum Gasteiger partial charge on any atom is -0.495 e. The van der Waals surface area contributed by atoms with Gasteiger partial charge in [0.25, 0.3) is 0 Å². The third-order valence-electron chi connectivity index (χ3n) is 5.52. The van der Waals surface area contributed by atoms with E-state index in [1.165, 1.54) is 0 Å². The lowest BCUT2D eigenvalue weighted by Gasteiger charge is -2.37. The number of para-hydroxylation sites is 3. The zero-order valence-corrected chi connectivity index (χ0v) is 16.0. The number of nitrogens with zero attached hydrogens (tertiary/aromatic N) is 3. The molecule has 27 heavy (non-hydrogen) atoms. The second kappa shape index (κ2) is 7.62. The summed E-state index contributed by atoms with van der Waals surface area (Å²) in [6.07, 6.45) is 1.58. The van der Waals surface area contributed by atoms with Crippen LogP contribution < -0.4 is 9.64 Å². The van der Waals surface area contributed by atoms with E-state index in [2.05, 4.69) is 44.8 Å². The Morgan fingerprint density at radius 1 is 1.00 bits per heavy atom. The molecule has 0 radical (unpaired) electrons. The van der Waals surface area contributed by atoms with Gasteiger partial charge in [0.05, 0.1) is 18.9 Å². The zero-order valence-electron chi connectivity index (χ0n) is 16.0. The van der Waals surface area contributed by atoms with Gasteiger partial charge in [-0.05, 0) is 18.2 Å². The molecule has 5 heteroatoms. The molecule has 3 aromatic rings. The van der Waals surface area contributed by atoms with Crippen molar-refractivity contribution < 1.29 is 9.84 Å². The third kappa shape index (κ3) is 3.53. The van der Waals surface area contributed by atoms with Gasteiger partial charge >= 0.3 is 0 Å². The minimum absolute atomic E-state index is 0.478. The maximum atomic E-state index is 10.9. The topological polar surface area (TPSA) is 40.9 Å². The lowest BCUT2D eigenvalue weighted by molar-refractivity contribution is 0.110. The normalized spacial score (nSPS) is 16.6. The molecular weight excluding hydrogens is 338 g/mol. The first kappa shape index (κ1) is 17.9. The van der Waals surface area contributed by atoms with Gasteiger partial charge < -0.3 is 19.3 Å². The van der Waals surface area contributed by atoms with Gasteiger partial charge in [-0.1, -0.05) is 30.3 Å². The van der Waals surface area contributed by atoms with Crippen molar-refractivity contribution >= 4 is 16.6 Å². The molecule has 0 spiro atoms. The van der Waals surface area contributed by atoms with Gasteiger partial charge in [-0.2, -0.15) is 0 Å². The highest BCUT2D eigenvalue weighted by atomic mass is 16.5. The van der Waals surface area contributed by atoms with Gasteiger partial charge in [0, 0.05) is 62.4 Å². The quantitative estimate of drug-likeness (QED) is 0.755. The van der Waals surface area contributed by atoms with Gasteiger partial charge in [-0.15, -0.1) is 0 Å².